The molecule has 0 radical (unpaired) electrons. The fraction of sp³-hybridized carbons (Fsp3) is 0.889. The predicted octanol–water partition coefficient (Wildman–Crippen LogP) is 1.31. The maximum atomic E-state index is 12.5. The van der Waals surface area contributed by atoms with E-state index in [-0.39, 0.29) is 11.8 Å². The van der Waals surface area contributed by atoms with Crippen molar-refractivity contribution in [1.29, 1.82) is 0 Å². The van der Waals surface area contributed by atoms with Crippen LogP contribution in [0.2, 0.25) is 0 Å². The molecule has 0 bridgehead atoms. The summed E-state index contributed by atoms with van der Waals surface area (Å²) in [6.07, 6.45) is 6.87. The summed E-state index contributed by atoms with van der Waals surface area (Å²) in [5.74, 6) is 0.309. The summed E-state index contributed by atoms with van der Waals surface area (Å²) in [4.78, 5) is 28.2. The fourth-order valence-corrected chi connectivity index (χ4v) is 4.19. The molecule has 1 atom stereocenters. The van der Waals surface area contributed by atoms with Crippen LogP contribution in [0.15, 0.2) is 0 Å². The number of hydrogen-bond donors (Lipinski definition) is 1. The Morgan fingerprint density at radius 2 is 1.96 bits per heavy atom. The van der Waals surface area contributed by atoms with Gasteiger partial charge in [0, 0.05) is 45.6 Å². The van der Waals surface area contributed by atoms with Crippen LogP contribution in [0, 0.1) is 0 Å². The van der Waals surface area contributed by atoms with Crippen LogP contribution in [0.25, 0.3) is 0 Å². The van der Waals surface area contributed by atoms with Crippen LogP contribution in [0.5, 0.6) is 0 Å². The second-order valence-corrected chi connectivity index (χ2v) is 7.39. The molecule has 3 saturated heterocycles. The summed E-state index contributed by atoms with van der Waals surface area (Å²) in [6, 6.07) is 0. The number of amides is 2. The molecule has 0 aromatic rings. The lowest BCUT2D eigenvalue weighted by molar-refractivity contribution is -0.179. The van der Waals surface area contributed by atoms with E-state index in [0.717, 1.165) is 38.6 Å². The maximum Gasteiger partial charge on any atom is 0.224 e. The molecule has 0 aliphatic carbocycles. The van der Waals surface area contributed by atoms with E-state index >= 15 is 0 Å². The van der Waals surface area contributed by atoms with Crippen molar-refractivity contribution in [2.45, 2.75) is 69.5 Å². The molecular weight excluding hydrogens is 308 g/mol. The third-order valence-corrected chi connectivity index (χ3v) is 5.85. The molecule has 3 aliphatic rings. The van der Waals surface area contributed by atoms with Gasteiger partial charge in [0.15, 0.2) is 0 Å². The van der Waals surface area contributed by atoms with Gasteiger partial charge in [-0.05, 0) is 38.5 Å². The van der Waals surface area contributed by atoms with Crippen LogP contribution >= 0.6 is 0 Å². The summed E-state index contributed by atoms with van der Waals surface area (Å²) in [7, 11) is 0. The van der Waals surface area contributed by atoms with Crippen molar-refractivity contribution in [3.8, 4) is 0 Å². The van der Waals surface area contributed by atoms with Crippen molar-refractivity contribution in [3.63, 3.8) is 0 Å². The van der Waals surface area contributed by atoms with E-state index in [1.165, 1.54) is 0 Å². The molecule has 1 N–H and O–H groups in total. The van der Waals surface area contributed by atoms with Crippen molar-refractivity contribution < 1.29 is 19.4 Å². The Labute approximate surface area is 144 Å². The largest absolute Gasteiger partial charge is 0.390 e. The molecule has 0 aromatic heterocycles. The van der Waals surface area contributed by atoms with Gasteiger partial charge in [-0.25, -0.2) is 0 Å². The van der Waals surface area contributed by atoms with E-state index in [1.807, 2.05) is 9.80 Å². The van der Waals surface area contributed by atoms with Crippen LogP contribution in [-0.4, -0.2) is 71.2 Å². The van der Waals surface area contributed by atoms with Crippen molar-refractivity contribution in [3.05, 3.63) is 0 Å². The van der Waals surface area contributed by atoms with Gasteiger partial charge in [0.25, 0.3) is 0 Å². The van der Waals surface area contributed by atoms with E-state index in [4.69, 9.17) is 4.74 Å². The van der Waals surface area contributed by atoms with Crippen molar-refractivity contribution in [1.82, 2.24) is 9.80 Å². The summed E-state index contributed by atoms with van der Waals surface area (Å²) in [5, 5.41) is 10.3. The molecule has 6 nitrogen and oxygen atoms in total. The maximum absolute atomic E-state index is 12.5. The van der Waals surface area contributed by atoms with E-state index in [2.05, 4.69) is 0 Å². The first-order valence-corrected chi connectivity index (χ1v) is 9.48. The number of nitrogens with zero attached hydrogens (tertiary/aromatic N) is 2. The fourth-order valence-electron chi connectivity index (χ4n) is 4.19. The average molecular weight is 338 g/mol. The van der Waals surface area contributed by atoms with Crippen LogP contribution < -0.4 is 0 Å². The zero-order valence-corrected chi connectivity index (χ0v) is 14.5. The van der Waals surface area contributed by atoms with Gasteiger partial charge in [-0.1, -0.05) is 6.42 Å². The Hall–Kier alpha value is -1.14. The third-order valence-electron chi connectivity index (χ3n) is 5.85. The van der Waals surface area contributed by atoms with Gasteiger partial charge in [0.1, 0.15) is 0 Å². The lowest BCUT2D eigenvalue weighted by Gasteiger charge is -2.46. The van der Waals surface area contributed by atoms with Crippen LogP contribution in [0.3, 0.4) is 0 Å². The Balaban J connectivity index is 1.46. The summed E-state index contributed by atoms with van der Waals surface area (Å²) >= 11 is 0. The van der Waals surface area contributed by atoms with Gasteiger partial charge in [-0.2, -0.15) is 0 Å². The molecule has 1 spiro atoms. The van der Waals surface area contributed by atoms with Gasteiger partial charge >= 0.3 is 0 Å². The van der Waals surface area contributed by atoms with E-state index in [9.17, 15) is 14.7 Å². The normalized spacial score (nSPS) is 28.0. The number of likely N-dealkylation sites (tertiary alicyclic amines) is 2. The van der Waals surface area contributed by atoms with E-state index in [1.54, 1.807) is 0 Å². The Morgan fingerprint density at radius 3 is 2.71 bits per heavy atom. The number of carbonyl (C=O) groups is 2. The zero-order valence-electron chi connectivity index (χ0n) is 14.5. The smallest absolute Gasteiger partial charge is 0.224 e. The minimum absolute atomic E-state index is 0.118. The highest BCUT2D eigenvalue weighted by atomic mass is 16.5. The van der Waals surface area contributed by atoms with Gasteiger partial charge in [-0.3, -0.25) is 9.59 Å². The Morgan fingerprint density at radius 1 is 1.17 bits per heavy atom. The quantitative estimate of drug-likeness (QED) is 0.842. The van der Waals surface area contributed by atoms with Gasteiger partial charge < -0.3 is 19.6 Å². The SMILES string of the molecule is O=C1CCCCCN1CCC(=O)N1CCC2(CC1)OCCCC2O. The minimum atomic E-state index is -0.435. The minimum Gasteiger partial charge on any atom is -0.390 e. The predicted molar refractivity (Wildman–Crippen MR) is 89.4 cm³/mol. The number of aliphatic hydroxyl groups is 1. The summed E-state index contributed by atoms with van der Waals surface area (Å²) in [6.45, 7) is 3.32. The number of carbonyl (C=O) groups excluding carboxylic acids is 2. The molecule has 2 amide bonds. The molecule has 136 valence electrons. The number of piperidine rings is 1. The van der Waals surface area contributed by atoms with Crippen molar-refractivity contribution in [2.75, 3.05) is 32.8 Å². The van der Waals surface area contributed by atoms with Crippen molar-refractivity contribution >= 4 is 11.8 Å². The van der Waals surface area contributed by atoms with Crippen molar-refractivity contribution in [2.24, 2.45) is 0 Å². The first-order chi connectivity index (χ1) is 11.6. The molecule has 3 aliphatic heterocycles. The first-order valence-electron chi connectivity index (χ1n) is 9.48. The molecule has 6 heteroatoms. The third kappa shape index (κ3) is 3.91. The standard InChI is InChI=1S/C18H30N2O4/c21-15-5-4-14-24-18(15)8-12-20(13-9-18)17(23)7-11-19-10-3-1-2-6-16(19)22/h15,21H,1-14H2. The molecule has 1 unspecified atom stereocenters. The Bertz CT molecular complexity index is 460. The molecule has 3 heterocycles. The van der Waals surface area contributed by atoms with Gasteiger partial charge in [-0.15, -0.1) is 0 Å². The first kappa shape index (κ1) is 17.7. The lowest BCUT2D eigenvalue weighted by Crippen LogP contribution is -2.56. The van der Waals surface area contributed by atoms with E-state index in [0.29, 0.717) is 51.9 Å². The lowest BCUT2D eigenvalue weighted by atomic mass is 9.82. The Kier molecular flexibility index (Phi) is 5.76. The number of hydrogen-bond acceptors (Lipinski definition) is 4. The zero-order chi connectivity index (χ0) is 17.0. The second-order valence-electron chi connectivity index (χ2n) is 7.39. The summed E-state index contributed by atoms with van der Waals surface area (Å²) in [5.41, 5.74) is -0.435. The number of aliphatic hydroxyl groups excluding tert-OH is 1. The van der Waals surface area contributed by atoms with Crippen LogP contribution in [0.4, 0.5) is 0 Å². The topological polar surface area (TPSA) is 70.1 Å². The highest BCUT2D eigenvalue weighted by molar-refractivity contribution is 5.79. The highest BCUT2D eigenvalue weighted by Crippen LogP contribution is 2.35. The molecule has 3 fully saturated rings. The van der Waals surface area contributed by atoms with Gasteiger partial charge in [0.05, 0.1) is 11.7 Å². The summed E-state index contributed by atoms with van der Waals surface area (Å²) < 4.78 is 5.89. The molecule has 24 heavy (non-hydrogen) atoms. The van der Waals surface area contributed by atoms with Gasteiger partial charge in [0.2, 0.25) is 11.8 Å². The number of rotatable bonds is 3. The van der Waals surface area contributed by atoms with E-state index < -0.39 is 11.7 Å². The number of ether oxygens (including phenoxy) is 1. The molecule has 0 saturated carbocycles. The molecular formula is C18H30N2O4. The highest BCUT2D eigenvalue weighted by Gasteiger charge is 2.44. The average Bonchev–Trinajstić information content (AvgIpc) is 2.80. The second kappa shape index (κ2) is 7.83. The van der Waals surface area contributed by atoms with Crippen LogP contribution in [0.1, 0.15) is 57.8 Å². The molecule has 0 aromatic carbocycles. The van der Waals surface area contributed by atoms with Crippen LogP contribution in [-0.2, 0) is 14.3 Å². The molecule has 3 rings (SSSR count). The monoisotopic (exact) mass is 338 g/mol.